The second kappa shape index (κ2) is 4.53. The van der Waals surface area contributed by atoms with Crippen LogP contribution in [0, 0.1) is 11.3 Å². The van der Waals surface area contributed by atoms with Crippen LogP contribution in [-0.2, 0) is 0 Å². The molecule has 46 valence electrons. The van der Waals surface area contributed by atoms with Gasteiger partial charge in [0.2, 0.25) is 0 Å². The molecule has 0 aromatic heterocycles. The van der Waals surface area contributed by atoms with Crippen molar-refractivity contribution < 1.29 is 0 Å². The lowest BCUT2D eigenvalue weighted by atomic mass is 10.1. The maximum absolute atomic E-state index is 6.81. The van der Waals surface area contributed by atoms with Gasteiger partial charge in [0.1, 0.15) is 0 Å². The molecule has 2 heteroatoms. The van der Waals surface area contributed by atoms with Crippen molar-refractivity contribution in [2.45, 2.75) is 6.42 Å². The van der Waals surface area contributed by atoms with Crippen LogP contribution in [0.15, 0.2) is 12.7 Å². The normalized spacial score (nSPS) is 12.6. The third-order valence-electron chi connectivity index (χ3n) is 1.01. The molecule has 0 spiro atoms. The highest BCUT2D eigenvalue weighted by molar-refractivity contribution is 5.57. The molecule has 0 rings (SSSR count). The Morgan fingerprint density at radius 2 is 2.38 bits per heavy atom. The number of nitrogens with one attached hydrogen (secondary N) is 1. The standard InChI is InChI=1S/C6H12N2/c1-2-3-6(4-7)5-8/h2,4,6-7H,1,3,5,8H2. The molecule has 0 bridgehead atoms. The van der Waals surface area contributed by atoms with Crippen molar-refractivity contribution >= 4 is 6.21 Å². The lowest BCUT2D eigenvalue weighted by Gasteiger charge is -2.01. The maximum atomic E-state index is 6.81. The van der Waals surface area contributed by atoms with E-state index in [-0.39, 0.29) is 5.92 Å². The average molecular weight is 112 g/mol. The summed E-state index contributed by atoms with van der Waals surface area (Å²) < 4.78 is 0. The van der Waals surface area contributed by atoms with Crippen LogP contribution in [0.5, 0.6) is 0 Å². The number of allylic oxidation sites excluding steroid dienone is 1. The van der Waals surface area contributed by atoms with Gasteiger partial charge in [0.05, 0.1) is 0 Å². The zero-order chi connectivity index (χ0) is 6.41. The smallest absolute Gasteiger partial charge is 0.00924 e. The summed E-state index contributed by atoms with van der Waals surface area (Å²) in [5.41, 5.74) is 5.27. The second-order valence-corrected chi connectivity index (χ2v) is 1.69. The first-order chi connectivity index (χ1) is 3.85. The lowest BCUT2D eigenvalue weighted by molar-refractivity contribution is 0.727. The van der Waals surface area contributed by atoms with Crippen molar-refractivity contribution in [2.24, 2.45) is 11.7 Å². The Morgan fingerprint density at radius 3 is 2.50 bits per heavy atom. The van der Waals surface area contributed by atoms with Crippen molar-refractivity contribution in [3.05, 3.63) is 12.7 Å². The van der Waals surface area contributed by atoms with Crippen LogP contribution in [0.4, 0.5) is 0 Å². The van der Waals surface area contributed by atoms with Gasteiger partial charge in [0.15, 0.2) is 0 Å². The molecule has 0 radical (unpaired) electrons. The van der Waals surface area contributed by atoms with Crippen LogP contribution in [0.25, 0.3) is 0 Å². The predicted molar refractivity (Wildman–Crippen MR) is 36.1 cm³/mol. The topological polar surface area (TPSA) is 49.9 Å². The number of rotatable bonds is 4. The fraction of sp³-hybridized carbons (Fsp3) is 0.500. The van der Waals surface area contributed by atoms with E-state index in [4.69, 9.17) is 11.1 Å². The monoisotopic (exact) mass is 112 g/mol. The number of hydrogen-bond donors (Lipinski definition) is 2. The largest absolute Gasteiger partial charge is 0.330 e. The minimum Gasteiger partial charge on any atom is -0.330 e. The van der Waals surface area contributed by atoms with Gasteiger partial charge in [-0.15, -0.1) is 6.58 Å². The van der Waals surface area contributed by atoms with Crippen molar-refractivity contribution in [2.75, 3.05) is 6.54 Å². The van der Waals surface area contributed by atoms with Crippen LogP contribution in [0.2, 0.25) is 0 Å². The van der Waals surface area contributed by atoms with Crippen molar-refractivity contribution in [3.8, 4) is 0 Å². The zero-order valence-corrected chi connectivity index (χ0v) is 4.93. The van der Waals surface area contributed by atoms with Gasteiger partial charge < -0.3 is 11.1 Å². The Kier molecular flexibility index (Phi) is 4.17. The van der Waals surface area contributed by atoms with Crippen molar-refractivity contribution in [1.29, 1.82) is 5.41 Å². The van der Waals surface area contributed by atoms with Gasteiger partial charge in [-0.05, 0) is 12.6 Å². The molecule has 8 heavy (non-hydrogen) atoms. The van der Waals surface area contributed by atoms with E-state index in [0.29, 0.717) is 6.54 Å². The minimum atomic E-state index is 0.201. The van der Waals surface area contributed by atoms with Crippen LogP contribution in [-0.4, -0.2) is 12.8 Å². The van der Waals surface area contributed by atoms with Crippen molar-refractivity contribution in [1.82, 2.24) is 0 Å². The van der Waals surface area contributed by atoms with Crippen LogP contribution < -0.4 is 5.73 Å². The van der Waals surface area contributed by atoms with E-state index >= 15 is 0 Å². The third kappa shape index (κ3) is 2.53. The molecule has 0 heterocycles. The number of nitrogens with two attached hydrogens (primary N) is 1. The SMILES string of the molecule is C=CCC(C=N)CN. The molecular weight excluding hydrogens is 100 g/mol. The maximum Gasteiger partial charge on any atom is 0.00924 e. The van der Waals surface area contributed by atoms with Crippen LogP contribution >= 0.6 is 0 Å². The van der Waals surface area contributed by atoms with Gasteiger partial charge in [-0.3, -0.25) is 0 Å². The summed E-state index contributed by atoms with van der Waals surface area (Å²) in [6.45, 7) is 4.09. The number of hydrogen-bond acceptors (Lipinski definition) is 2. The average Bonchev–Trinajstić information content (AvgIpc) is 1.83. The molecule has 0 aliphatic heterocycles. The summed E-state index contributed by atoms with van der Waals surface area (Å²) in [5.74, 6) is 0.201. The van der Waals surface area contributed by atoms with Crippen LogP contribution in [0.1, 0.15) is 6.42 Å². The van der Waals surface area contributed by atoms with E-state index in [1.807, 2.05) is 0 Å². The predicted octanol–water partition coefficient (Wildman–Crippen LogP) is 0.787. The third-order valence-corrected chi connectivity index (χ3v) is 1.01. The van der Waals surface area contributed by atoms with E-state index in [2.05, 4.69) is 6.58 Å². The van der Waals surface area contributed by atoms with E-state index in [9.17, 15) is 0 Å². The quantitative estimate of drug-likeness (QED) is 0.410. The summed E-state index contributed by atoms with van der Waals surface area (Å²) in [6, 6.07) is 0. The Hall–Kier alpha value is -0.630. The molecule has 1 unspecified atom stereocenters. The van der Waals surface area contributed by atoms with E-state index in [0.717, 1.165) is 6.42 Å². The van der Waals surface area contributed by atoms with Gasteiger partial charge in [-0.1, -0.05) is 6.08 Å². The summed E-state index contributed by atoms with van der Waals surface area (Å²) in [5, 5.41) is 6.81. The van der Waals surface area contributed by atoms with Gasteiger partial charge >= 0.3 is 0 Å². The molecule has 0 aromatic rings. The fourth-order valence-electron chi connectivity index (χ4n) is 0.446. The summed E-state index contributed by atoms with van der Waals surface area (Å²) in [6.07, 6.45) is 3.96. The molecule has 0 aromatic carbocycles. The van der Waals surface area contributed by atoms with Gasteiger partial charge in [-0.2, -0.15) is 0 Å². The van der Waals surface area contributed by atoms with Crippen LogP contribution in [0.3, 0.4) is 0 Å². The molecule has 3 N–H and O–H groups in total. The van der Waals surface area contributed by atoms with E-state index < -0.39 is 0 Å². The summed E-state index contributed by atoms with van der Waals surface area (Å²) in [4.78, 5) is 0. The summed E-state index contributed by atoms with van der Waals surface area (Å²) in [7, 11) is 0. The Bertz CT molecular complexity index is 78.6. The van der Waals surface area contributed by atoms with Gasteiger partial charge in [-0.25, -0.2) is 0 Å². The Balaban J connectivity index is 3.35. The van der Waals surface area contributed by atoms with E-state index in [1.54, 1.807) is 6.08 Å². The zero-order valence-electron chi connectivity index (χ0n) is 4.93. The molecule has 1 atom stereocenters. The van der Waals surface area contributed by atoms with Gasteiger partial charge in [0.25, 0.3) is 0 Å². The molecule has 0 amide bonds. The van der Waals surface area contributed by atoms with E-state index in [1.165, 1.54) is 6.21 Å². The molecule has 0 saturated heterocycles. The Labute approximate surface area is 49.9 Å². The lowest BCUT2D eigenvalue weighted by Crippen LogP contribution is -2.13. The fourth-order valence-corrected chi connectivity index (χ4v) is 0.446. The highest BCUT2D eigenvalue weighted by Crippen LogP contribution is 1.95. The van der Waals surface area contributed by atoms with Crippen molar-refractivity contribution in [3.63, 3.8) is 0 Å². The molecule has 0 aliphatic rings. The molecular formula is C6H12N2. The van der Waals surface area contributed by atoms with Gasteiger partial charge in [0, 0.05) is 12.5 Å². The molecule has 0 aliphatic carbocycles. The highest BCUT2D eigenvalue weighted by atomic mass is 14.6. The first-order valence-corrected chi connectivity index (χ1v) is 2.66. The Morgan fingerprint density at radius 1 is 1.75 bits per heavy atom. The summed E-state index contributed by atoms with van der Waals surface area (Å²) >= 11 is 0. The first kappa shape index (κ1) is 7.37. The first-order valence-electron chi connectivity index (χ1n) is 2.66. The second-order valence-electron chi connectivity index (χ2n) is 1.69. The highest BCUT2D eigenvalue weighted by Gasteiger charge is 1.95. The molecule has 2 nitrogen and oxygen atoms in total. The molecule has 0 saturated carbocycles. The minimum absolute atomic E-state index is 0.201. The molecule has 0 fully saturated rings.